The molecular weight excluding hydrogens is 180 g/mol. The van der Waals surface area contributed by atoms with Gasteiger partial charge in [0.2, 0.25) is 0 Å². The highest BCUT2D eigenvalue weighted by Crippen LogP contribution is 2.05. The Balaban J connectivity index is 2.59. The van der Waals surface area contributed by atoms with E-state index < -0.39 is 10.8 Å². The number of hydrogen-bond donors (Lipinski definition) is 0. The zero-order chi connectivity index (χ0) is 9.52. The Morgan fingerprint density at radius 1 is 1.31 bits per heavy atom. The van der Waals surface area contributed by atoms with Crippen molar-refractivity contribution in [3.05, 3.63) is 55.1 Å². The largest absolute Gasteiger partial charge is 0.254 e. The van der Waals surface area contributed by atoms with Gasteiger partial charge in [-0.25, -0.2) is 0 Å². The standard InChI is InChI=1S/C11H12OS/c1-2-3-7-10-13(12)11-8-5-4-6-9-11/h2-9H,1,10H2/b7-3+. The molecule has 0 spiro atoms. The lowest BCUT2D eigenvalue weighted by Gasteiger charge is -1.96. The number of allylic oxidation sites excluding steroid dienone is 2. The number of rotatable bonds is 4. The van der Waals surface area contributed by atoms with Crippen LogP contribution in [0.25, 0.3) is 0 Å². The fraction of sp³-hybridized carbons (Fsp3) is 0.0909. The first-order valence-electron chi connectivity index (χ1n) is 4.05. The van der Waals surface area contributed by atoms with Crippen molar-refractivity contribution in [1.29, 1.82) is 0 Å². The zero-order valence-electron chi connectivity index (χ0n) is 7.35. The van der Waals surface area contributed by atoms with Gasteiger partial charge in [0.05, 0.1) is 10.8 Å². The van der Waals surface area contributed by atoms with Crippen molar-refractivity contribution in [1.82, 2.24) is 0 Å². The highest BCUT2D eigenvalue weighted by Gasteiger charge is 1.98. The molecule has 0 heterocycles. The van der Waals surface area contributed by atoms with Crippen LogP contribution in [0.2, 0.25) is 0 Å². The van der Waals surface area contributed by atoms with E-state index in [1.807, 2.05) is 36.4 Å². The van der Waals surface area contributed by atoms with E-state index in [0.29, 0.717) is 5.75 Å². The summed E-state index contributed by atoms with van der Waals surface area (Å²) >= 11 is 0. The fourth-order valence-electron chi connectivity index (χ4n) is 0.908. The molecule has 0 bridgehead atoms. The van der Waals surface area contributed by atoms with Gasteiger partial charge in [0.25, 0.3) is 0 Å². The molecule has 0 radical (unpaired) electrons. The Hall–Kier alpha value is -1.15. The number of benzene rings is 1. The van der Waals surface area contributed by atoms with Gasteiger partial charge < -0.3 is 0 Å². The van der Waals surface area contributed by atoms with Crippen molar-refractivity contribution in [2.75, 3.05) is 5.75 Å². The van der Waals surface area contributed by atoms with Crippen LogP contribution in [0.5, 0.6) is 0 Å². The van der Waals surface area contributed by atoms with Crippen LogP contribution in [-0.2, 0) is 10.8 Å². The quantitative estimate of drug-likeness (QED) is 0.670. The van der Waals surface area contributed by atoms with E-state index >= 15 is 0 Å². The van der Waals surface area contributed by atoms with E-state index in [4.69, 9.17) is 0 Å². The van der Waals surface area contributed by atoms with Crippen LogP contribution in [0, 0.1) is 0 Å². The molecule has 0 aliphatic heterocycles. The first-order chi connectivity index (χ1) is 6.34. The Labute approximate surface area is 81.3 Å². The van der Waals surface area contributed by atoms with Crippen molar-refractivity contribution in [3.8, 4) is 0 Å². The molecule has 0 amide bonds. The van der Waals surface area contributed by atoms with Crippen LogP contribution in [0.4, 0.5) is 0 Å². The molecule has 68 valence electrons. The van der Waals surface area contributed by atoms with Gasteiger partial charge in [0.1, 0.15) is 0 Å². The molecule has 13 heavy (non-hydrogen) atoms. The van der Waals surface area contributed by atoms with Crippen molar-refractivity contribution in [2.45, 2.75) is 4.90 Å². The second-order valence-electron chi connectivity index (χ2n) is 2.49. The predicted molar refractivity (Wildman–Crippen MR) is 57.1 cm³/mol. The Kier molecular flexibility index (Phi) is 4.19. The monoisotopic (exact) mass is 192 g/mol. The topological polar surface area (TPSA) is 17.1 Å². The molecule has 1 nitrogen and oxygen atoms in total. The van der Waals surface area contributed by atoms with E-state index in [-0.39, 0.29) is 0 Å². The maximum Gasteiger partial charge on any atom is 0.0568 e. The molecule has 2 heteroatoms. The molecule has 0 saturated heterocycles. The average molecular weight is 192 g/mol. The highest BCUT2D eigenvalue weighted by atomic mass is 32.2. The SMILES string of the molecule is C=C/C=C/CS(=O)c1ccccc1. The van der Waals surface area contributed by atoms with Crippen molar-refractivity contribution in [3.63, 3.8) is 0 Å². The van der Waals surface area contributed by atoms with Gasteiger partial charge in [0, 0.05) is 10.6 Å². The van der Waals surface area contributed by atoms with Crippen LogP contribution < -0.4 is 0 Å². The van der Waals surface area contributed by atoms with E-state index in [2.05, 4.69) is 6.58 Å². The van der Waals surface area contributed by atoms with Gasteiger partial charge in [-0.2, -0.15) is 0 Å². The molecule has 0 aliphatic rings. The third kappa shape index (κ3) is 3.38. The van der Waals surface area contributed by atoms with Crippen LogP contribution >= 0.6 is 0 Å². The number of hydrogen-bond acceptors (Lipinski definition) is 1. The van der Waals surface area contributed by atoms with Gasteiger partial charge in [-0.15, -0.1) is 0 Å². The van der Waals surface area contributed by atoms with Crippen molar-refractivity contribution < 1.29 is 4.21 Å². The summed E-state index contributed by atoms with van der Waals surface area (Å²) in [4.78, 5) is 0.871. The summed E-state index contributed by atoms with van der Waals surface area (Å²) in [6.07, 6.45) is 5.35. The summed E-state index contributed by atoms with van der Waals surface area (Å²) < 4.78 is 11.5. The lowest BCUT2D eigenvalue weighted by molar-refractivity contribution is 0.685. The summed E-state index contributed by atoms with van der Waals surface area (Å²) in [7, 11) is -0.919. The second kappa shape index (κ2) is 5.49. The lowest BCUT2D eigenvalue weighted by atomic mass is 10.4. The molecule has 1 aromatic rings. The van der Waals surface area contributed by atoms with Gasteiger partial charge in [-0.1, -0.05) is 43.0 Å². The minimum Gasteiger partial charge on any atom is -0.254 e. The fourth-order valence-corrected chi connectivity index (χ4v) is 1.85. The summed E-state index contributed by atoms with van der Waals surface area (Å²) in [5.74, 6) is 0.552. The van der Waals surface area contributed by atoms with Gasteiger partial charge >= 0.3 is 0 Å². The maximum absolute atomic E-state index is 11.5. The third-order valence-corrected chi connectivity index (χ3v) is 2.82. The van der Waals surface area contributed by atoms with Crippen LogP contribution in [0.1, 0.15) is 0 Å². The first-order valence-corrected chi connectivity index (χ1v) is 5.37. The highest BCUT2D eigenvalue weighted by molar-refractivity contribution is 7.85. The average Bonchev–Trinajstić information content (AvgIpc) is 2.19. The Morgan fingerprint density at radius 2 is 2.00 bits per heavy atom. The van der Waals surface area contributed by atoms with Crippen LogP contribution in [0.15, 0.2) is 60.0 Å². The van der Waals surface area contributed by atoms with Gasteiger partial charge in [-0.05, 0) is 12.1 Å². The van der Waals surface area contributed by atoms with Crippen LogP contribution in [-0.4, -0.2) is 9.96 Å². The Bertz CT molecular complexity index is 314. The van der Waals surface area contributed by atoms with E-state index in [9.17, 15) is 4.21 Å². The summed E-state index contributed by atoms with van der Waals surface area (Å²) in [6, 6.07) is 9.45. The van der Waals surface area contributed by atoms with Crippen LogP contribution in [0.3, 0.4) is 0 Å². The summed E-state index contributed by atoms with van der Waals surface area (Å²) in [5, 5.41) is 0. The first kappa shape index (κ1) is 9.93. The summed E-state index contributed by atoms with van der Waals surface area (Å²) in [6.45, 7) is 3.54. The third-order valence-electron chi connectivity index (χ3n) is 1.53. The molecular formula is C11H12OS. The normalized spacial score (nSPS) is 12.9. The molecule has 1 unspecified atom stereocenters. The molecule has 1 atom stereocenters. The van der Waals surface area contributed by atoms with E-state index in [1.54, 1.807) is 12.2 Å². The van der Waals surface area contributed by atoms with Gasteiger partial charge in [-0.3, -0.25) is 4.21 Å². The minimum atomic E-state index is -0.919. The molecule has 0 aromatic heterocycles. The molecule has 1 aromatic carbocycles. The summed E-state index contributed by atoms with van der Waals surface area (Å²) in [5.41, 5.74) is 0. The molecule has 0 fully saturated rings. The molecule has 1 rings (SSSR count). The second-order valence-corrected chi connectivity index (χ2v) is 3.98. The Morgan fingerprint density at radius 3 is 2.62 bits per heavy atom. The molecule has 0 N–H and O–H groups in total. The maximum atomic E-state index is 11.5. The smallest absolute Gasteiger partial charge is 0.0568 e. The minimum absolute atomic E-state index is 0.552. The lowest BCUT2D eigenvalue weighted by Crippen LogP contribution is -1.93. The predicted octanol–water partition coefficient (Wildman–Crippen LogP) is 2.54. The van der Waals surface area contributed by atoms with E-state index in [1.165, 1.54) is 0 Å². The molecule has 0 saturated carbocycles. The van der Waals surface area contributed by atoms with Crippen molar-refractivity contribution >= 4 is 10.8 Å². The van der Waals surface area contributed by atoms with E-state index in [0.717, 1.165) is 4.90 Å². The zero-order valence-corrected chi connectivity index (χ0v) is 8.17. The molecule has 0 aliphatic carbocycles. The van der Waals surface area contributed by atoms with Crippen molar-refractivity contribution in [2.24, 2.45) is 0 Å². The van der Waals surface area contributed by atoms with Gasteiger partial charge in [0.15, 0.2) is 0 Å².